The van der Waals surface area contributed by atoms with Crippen LogP contribution in [0.25, 0.3) is 10.9 Å². The van der Waals surface area contributed by atoms with E-state index in [0.29, 0.717) is 0 Å². The first kappa shape index (κ1) is 15.0. The quantitative estimate of drug-likeness (QED) is 0.852. The number of carbonyl (C=O) groups excluding carboxylic acids is 1. The van der Waals surface area contributed by atoms with Gasteiger partial charge in [-0.2, -0.15) is 0 Å². The third kappa shape index (κ3) is 2.94. The van der Waals surface area contributed by atoms with Crippen molar-refractivity contribution < 1.29 is 9.53 Å². The molecule has 4 rings (SSSR count). The van der Waals surface area contributed by atoms with Crippen LogP contribution in [0.3, 0.4) is 0 Å². The third-order valence-electron chi connectivity index (χ3n) is 4.71. The van der Waals surface area contributed by atoms with Gasteiger partial charge in [-0.1, -0.05) is 18.2 Å². The van der Waals surface area contributed by atoms with E-state index in [9.17, 15) is 4.79 Å². The SMILES string of the molecule is O=C(C1CCC=CO1)N1CCN(c2ccc3ccccc3n2)CC1. The maximum absolute atomic E-state index is 12.5. The van der Waals surface area contributed by atoms with Gasteiger partial charge in [0.2, 0.25) is 0 Å². The average molecular weight is 323 g/mol. The van der Waals surface area contributed by atoms with Crippen LogP contribution in [0.15, 0.2) is 48.7 Å². The molecule has 2 aliphatic heterocycles. The van der Waals surface area contributed by atoms with Gasteiger partial charge in [-0.3, -0.25) is 4.79 Å². The van der Waals surface area contributed by atoms with E-state index >= 15 is 0 Å². The van der Waals surface area contributed by atoms with E-state index in [4.69, 9.17) is 9.72 Å². The summed E-state index contributed by atoms with van der Waals surface area (Å²) in [6.07, 6.45) is 5.01. The number of rotatable bonds is 2. The van der Waals surface area contributed by atoms with E-state index in [-0.39, 0.29) is 12.0 Å². The highest BCUT2D eigenvalue weighted by Gasteiger charge is 2.29. The average Bonchev–Trinajstić information content (AvgIpc) is 2.68. The summed E-state index contributed by atoms with van der Waals surface area (Å²) in [7, 11) is 0. The number of hydrogen-bond acceptors (Lipinski definition) is 4. The summed E-state index contributed by atoms with van der Waals surface area (Å²) in [4.78, 5) is 21.4. The first-order chi connectivity index (χ1) is 11.8. The fourth-order valence-electron chi connectivity index (χ4n) is 3.31. The summed E-state index contributed by atoms with van der Waals surface area (Å²) in [5.74, 6) is 1.10. The zero-order valence-electron chi connectivity index (χ0n) is 13.6. The number of carbonyl (C=O) groups is 1. The second kappa shape index (κ2) is 6.51. The molecule has 124 valence electrons. The number of amides is 1. The summed E-state index contributed by atoms with van der Waals surface area (Å²) >= 11 is 0. The van der Waals surface area contributed by atoms with Crippen LogP contribution in [0.4, 0.5) is 5.82 Å². The lowest BCUT2D eigenvalue weighted by Gasteiger charge is -2.37. The Balaban J connectivity index is 1.41. The molecule has 0 aliphatic carbocycles. The predicted octanol–water partition coefficient (Wildman–Crippen LogP) is 2.58. The maximum atomic E-state index is 12.5. The Morgan fingerprint density at radius 2 is 1.92 bits per heavy atom. The molecule has 1 atom stereocenters. The number of allylic oxidation sites excluding steroid dienone is 1. The molecule has 0 saturated carbocycles. The smallest absolute Gasteiger partial charge is 0.263 e. The lowest BCUT2D eigenvalue weighted by molar-refractivity contribution is -0.141. The molecule has 2 aromatic rings. The number of para-hydroxylation sites is 1. The van der Waals surface area contributed by atoms with Crippen LogP contribution in [0.5, 0.6) is 0 Å². The van der Waals surface area contributed by atoms with Crippen molar-refractivity contribution >= 4 is 22.6 Å². The number of anilines is 1. The normalized spacial score (nSPS) is 20.9. The number of pyridine rings is 1. The molecule has 3 heterocycles. The van der Waals surface area contributed by atoms with E-state index < -0.39 is 0 Å². The first-order valence-corrected chi connectivity index (χ1v) is 8.51. The molecule has 1 unspecified atom stereocenters. The number of piperazine rings is 1. The van der Waals surface area contributed by atoms with Gasteiger partial charge in [-0.25, -0.2) is 4.98 Å². The molecule has 1 amide bonds. The van der Waals surface area contributed by atoms with Crippen molar-refractivity contribution in [2.24, 2.45) is 0 Å². The molecular weight excluding hydrogens is 302 g/mol. The Kier molecular flexibility index (Phi) is 4.07. The van der Waals surface area contributed by atoms with Gasteiger partial charge in [0.05, 0.1) is 11.8 Å². The molecule has 5 heteroatoms. The Labute approximate surface area is 141 Å². The second-order valence-corrected chi connectivity index (χ2v) is 6.25. The van der Waals surface area contributed by atoms with Crippen molar-refractivity contribution in [2.75, 3.05) is 31.1 Å². The van der Waals surface area contributed by atoms with Gasteiger partial charge >= 0.3 is 0 Å². The van der Waals surface area contributed by atoms with Gasteiger partial charge in [0, 0.05) is 31.6 Å². The van der Waals surface area contributed by atoms with Crippen molar-refractivity contribution in [3.05, 3.63) is 48.7 Å². The highest BCUT2D eigenvalue weighted by molar-refractivity contribution is 5.82. The molecule has 1 aromatic heterocycles. The zero-order valence-corrected chi connectivity index (χ0v) is 13.6. The fraction of sp³-hybridized carbons (Fsp3) is 0.368. The maximum Gasteiger partial charge on any atom is 0.263 e. The number of fused-ring (bicyclic) bond motifs is 1. The molecule has 0 spiro atoms. The summed E-state index contributed by atoms with van der Waals surface area (Å²) in [6, 6.07) is 12.3. The minimum Gasteiger partial charge on any atom is -0.489 e. The van der Waals surface area contributed by atoms with Gasteiger partial charge in [-0.05, 0) is 37.1 Å². The van der Waals surface area contributed by atoms with E-state index in [1.54, 1.807) is 6.26 Å². The van der Waals surface area contributed by atoms with Crippen molar-refractivity contribution in [3.8, 4) is 0 Å². The Morgan fingerprint density at radius 3 is 2.71 bits per heavy atom. The highest BCUT2D eigenvalue weighted by Crippen LogP contribution is 2.20. The van der Waals surface area contributed by atoms with Gasteiger partial charge in [-0.15, -0.1) is 0 Å². The number of ether oxygens (including phenoxy) is 1. The van der Waals surface area contributed by atoms with E-state index in [2.05, 4.69) is 23.1 Å². The van der Waals surface area contributed by atoms with Crippen molar-refractivity contribution in [1.82, 2.24) is 9.88 Å². The Bertz CT molecular complexity index is 766. The lowest BCUT2D eigenvalue weighted by Crippen LogP contribution is -2.52. The Hall–Kier alpha value is -2.56. The van der Waals surface area contributed by atoms with Crippen LogP contribution in [0.2, 0.25) is 0 Å². The highest BCUT2D eigenvalue weighted by atomic mass is 16.5. The number of aromatic nitrogens is 1. The van der Waals surface area contributed by atoms with Crippen LogP contribution in [-0.2, 0) is 9.53 Å². The molecule has 5 nitrogen and oxygen atoms in total. The summed E-state index contributed by atoms with van der Waals surface area (Å²) in [5.41, 5.74) is 1.01. The van der Waals surface area contributed by atoms with Gasteiger partial charge in [0.15, 0.2) is 6.10 Å². The third-order valence-corrected chi connectivity index (χ3v) is 4.71. The second-order valence-electron chi connectivity index (χ2n) is 6.25. The molecule has 2 aliphatic rings. The first-order valence-electron chi connectivity index (χ1n) is 8.51. The molecule has 0 radical (unpaired) electrons. The molecule has 24 heavy (non-hydrogen) atoms. The molecule has 1 aromatic carbocycles. The van der Waals surface area contributed by atoms with Crippen LogP contribution in [0.1, 0.15) is 12.8 Å². The molecule has 1 fully saturated rings. The fourth-order valence-corrected chi connectivity index (χ4v) is 3.31. The summed E-state index contributed by atoms with van der Waals surface area (Å²) < 4.78 is 5.45. The Morgan fingerprint density at radius 1 is 1.08 bits per heavy atom. The monoisotopic (exact) mass is 323 g/mol. The topological polar surface area (TPSA) is 45.7 Å². The van der Waals surface area contributed by atoms with Crippen LogP contribution in [0, 0.1) is 0 Å². The number of nitrogens with zero attached hydrogens (tertiary/aromatic N) is 3. The van der Waals surface area contributed by atoms with Crippen molar-refractivity contribution in [3.63, 3.8) is 0 Å². The number of hydrogen-bond donors (Lipinski definition) is 0. The van der Waals surface area contributed by atoms with Gasteiger partial charge < -0.3 is 14.5 Å². The zero-order chi connectivity index (χ0) is 16.4. The van der Waals surface area contributed by atoms with Crippen LogP contribution >= 0.6 is 0 Å². The minimum absolute atomic E-state index is 0.116. The summed E-state index contributed by atoms with van der Waals surface area (Å²) in [6.45, 7) is 3.05. The largest absolute Gasteiger partial charge is 0.489 e. The molecule has 0 bridgehead atoms. The van der Waals surface area contributed by atoms with Gasteiger partial charge in [0.1, 0.15) is 5.82 Å². The summed E-state index contributed by atoms with van der Waals surface area (Å²) in [5, 5.41) is 1.15. The van der Waals surface area contributed by atoms with E-state index in [1.165, 1.54) is 0 Å². The van der Waals surface area contributed by atoms with Crippen molar-refractivity contribution in [1.29, 1.82) is 0 Å². The standard InChI is InChI=1S/C19H21N3O2/c23-19(17-7-3-4-14-24-17)22-12-10-21(11-13-22)18-9-8-15-5-1-2-6-16(15)20-18/h1-2,4-6,8-9,14,17H,3,7,10-13H2. The van der Waals surface area contributed by atoms with E-state index in [0.717, 1.165) is 55.7 Å². The van der Waals surface area contributed by atoms with Crippen LogP contribution < -0.4 is 4.90 Å². The van der Waals surface area contributed by atoms with E-state index in [1.807, 2.05) is 29.2 Å². The predicted molar refractivity (Wildman–Crippen MR) is 93.8 cm³/mol. The molecular formula is C19H21N3O2. The van der Waals surface area contributed by atoms with Crippen molar-refractivity contribution in [2.45, 2.75) is 18.9 Å². The number of benzene rings is 1. The van der Waals surface area contributed by atoms with Gasteiger partial charge in [0.25, 0.3) is 5.91 Å². The lowest BCUT2D eigenvalue weighted by atomic mass is 10.1. The minimum atomic E-state index is -0.305. The molecule has 1 saturated heterocycles. The molecule has 0 N–H and O–H groups in total. The van der Waals surface area contributed by atoms with Crippen LogP contribution in [-0.4, -0.2) is 48.1 Å².